The molecule has 0 aromatic heterocycles. The molecule has 0 heterocycles. The Kier molecular flexibility index (Phi) is 4.81. The van der Waals surface area contributed by atoms with Gasteiger partial charge in [-0.25, -0.2) is 0 Å². The lowest BCUT2D eigenvalue weighted by Gasteiger charge is -2.21. The molecule has 108 valence electrons. The largest absolute Gasteiger partial charge is 0.504 e. The molecule has 1 aromatic carbocycles. The standard InChI is InChI=1S/C13H20O5S/c1-13(2,3)10-6-4-7-11(12(10)14)18-8-5-9-19(15,16)17/h4,6-7,14H,5,8-9H2,1-3H3,(H,15,16,17). The first-order valence-electron chi connectivity index (χ1n) is 6.02. The van der Waals surface area contributed by atoms with Gasteiger partial charge in [0.25, 0.3) is 10.1 Å². The van der Waals surface area contributed by atoms with Crippen LogP contribution in [0, 0.1) is 0 Å². The normalized spacial score (nSPS) is 12.4. The molecule has 1 aromatic rings. The lowest BCUT2D eigenvalue weighted by molar-refractivity contribution is 0.295. The van der Waals surface area contributed by atoms with Crippen LogP contribution in [-0.2, 0) is 15.5 Å². The van der Waals surface area contributed by atoms with Crippen LogP contribution in [0.3, 0.4) is 0 Å². The first kappa shape index (κ1) is 15.8. The minimum atomic E-state index is -3.96. The predicted octanol–water partition coefficient (Wildman–Crippen LogP) is 2.35. The maximum Gasteiger partial charge on any atom is 0.264 e. The molecule has 5 nitrogen and oxygen atoms in total. The van der Waals surface area contributed by atoms with Crippen molar-refractivity contribution in [2.75, 3.05) is 12.4 Å². The van der Waals surface area contributed by atoms with Gasteiger partial charge in [-0.3, -0.25) is 4.55 Å². The summed E-state index contributed by atoms with van der Waals surface area (Å²) in [5.41, 5.74) is 0.553. The number of rotatable bonds is 5. The maximum absolute atomic E-state index is 10.5. The molecule has 19 heavy (non-hydrogen) atoms. The first-order chi connectivity index (χ1) is 8.61. The van der Waals surface area contributed by atoms with Crippen molar-refractivity contribution in [1.29, 1.82) is 0 Å². The van der Waals surface area contributed by atoms with E-state index in [1.807, 2.05) is 26.8 Å². The van der Waals surface area contributed by atoms with Crippen LogP contribution in [-0.4, -0.2) is 30.4 Å². The minimum absolute atomic E-state index is 0.0712. The van der Waals surface area contributed by atoms with Crippen LogP contribution in [0.25, 0.3) is 0 Å². The van der Waals surface area contributed by atoms with Crippen molar-refractivity contribution in [2.24, 2.45) is 0 Å². The number of aromatic hydroxyl groups is 1. The summed E-state index contributed by atoms with van der Waals surface area (Å²) < 4.78 is 35.0. The SMILES string of the molecule is CC(C)(C)c1cccc(OCCCS(=O)(=O)O)c1O. The molecule has 0 fully saturated rings. The van der Waals surface area contributed by atoms with Crippen molar-refractivity contribution in [2.45, 2.75) is 32.6 Å². The Balaban J connectivity index is 2.70. The Morgan fingerprint density at radius 1 is 1.26 bits per heavy atom. The summed E-state index contributed by atoms with van der Waals surface area (Å²) in [6.07, 6.45) is 0.165. The quantitative estimate of drug-likeness (QED) is 0.642. The molecule has 0 saturated carbocycles. The number of para-hydroxylation sites is 1. The van der Waals surface area contributed by atoms with Gasteiger partial charge in [-0.05, 0) is 17.9 Å². The fourth-order valence-electron chi connectivity index (χ4n) is 1.67. The molecule has 0 amide bonds. The van der Waals surface area contributed by atoms with E-state index in [1.54, 1.807) is 12.1 Å². The molecule has 0 atom stereocenters. The van der Waals surface area contributed by atoms with Crippen molar-refractivity contribution >= 4 is 10.1 Å². The van der Waals surface area contributed by atoms with E-state index in [-0.39, 0.29) is 29.9 Å². The highest BCUT2D eigenvalue weighted by atomic mass is 32.2. The topological polar surface area (TPSA) is 83.8 Å². The number of hydrogen-bond acceptors (Lipinski definition) is 4. The zero-order valence-corrected chi connectivity index (χ0v) is 12.2. The van der Waals surface area contributed by atoms with Crippen LogP contribution in [0.15, 0.2) is 18.2 Å². The fraction of sp³-hybridized carbons (Fsp3) is 0.538. The fourth-order valence-corrected chi connectivity index (χ4v) is 2.15. The molecule has 1 rings (SSSR count). The zero-order chi connectivity index (χ0) is 14.7. The third kappa shape index (κ3) is 5.08. The summed E-state index contributed by atoms with van der Waals surface area (Å²) in [5.74, 6) is 0.0387. The molecule has 0 unspecified atom stereocenters. The van der Waals surface area contributed by atoms with Crippen molar-refractivity contribution in [3.05, 3.63) is 23.8 Å². The molecule has 0 aliphatic rings. The van der Waals surface area contributed by atoms with Gasteiger partial charge in [0.15, 0.2) is 11.5 Å². The van der Waals surface area contributed by atoms with Gasteiger partial charge in [-0.15, -0.1) is 0 Å². The van der Waals surface area contributed by atoms with Crippen molar-refractivity contribution in [3.63, 3.8) is 0 Å². The molecule has 0 radical (unpaired) electrons. The van der Waals surface area contributed by atoms with Gasteiger partial charge < -0.3 is 9.84 Å². The van der Waals surface area contributed by atoms with E-state index >= 15 is 0 Å². The monoisotopic (exact) mass is 288 g/mol. The van der Waals surface area contributed by atoms with E-state index in [9.17, 15) is 13.5 Å². The van der Waals surface area contributed by atoms with Gasteiger partial charge in [0.2, 0.25) is 0 Å². The van der Waals surface area contributed by atoms with Crippen LogP contribution in [0.1, 0.15) is 32.8 Å². The van der Waals surface area contributed by atoms with Gasteiger partial charge in [0.05, 0.1) is 12.4 Å². The second-order valence-corrected chi connectivity index (χ2v) is 6.96. The van der Waals surface area contributed by atoms with Crippen LogP contribution in [0.5, 0.6) is 11.5 Å². The lowest BCUT2D eigenvalue weighted by Crippen LogP contribution is -2.12. The molecule has 0 saturated heterocycles. The number of hydrogen-bond donors (Lipinski definition) is 2. The van der Waals surface area contributed by atoms with E-state index < -0.39 is 10.1 Å². The first-order valence-corrected chi connectivity index (χ1v) is 7.62. The molecule has 6 heteroatoms. The van der Waals surface area contributed by atoms with Crippen LogP contribution < -0.4 is 4.74 Å². The summed E-state index contributed by atoms with van der Waals surface area (Å²) in [4.78, 5) is 0. The summed E-state index contributed by atoms with van der Waals surface area (Å²) in [6.45, 7) is 6.04. The Morgan fingerprint density at radius 2 is 1.89 bits per heavy atom. The second kappa shape index (κ2) is 5.79. The average Bonchev–Trinajstić information content (AvgIpc) is 2.23. The Bertz CT molecular complexity index is 528. The van der Waals surface area contributed by atoms with E-state index in [0.717, 1.165) is 5.56 Å². The third-order valence-corrected chi connectivity index (χ3v) is 3.42. The highest BCUT2D eigenvalue weighted by molar-refractivity contribution is 7.85. The average molecular weight is 288 g/mol. The number of ether oxygens (including phenoxy) is 1. The Morgan fingerprint density at radius 3 is 2.42 bits per heavy atom. The lowest BCUT2D eigenvalue weighted by atomic mass is 9.86. The van der Waals surface area contributed by atoms with E-state index in [2.05, 4.69) is 0 Å². The van der Waals surface area contributed by atoms with Crippen molar-refractivity contribution in [1.82, 2.24) is 0 Å². The Hall–Kier alpha value is -1.27. The van der Waals surface area contributed by atoms with E-state index in [4.69, 9.17) is 9.29 Å². The van der Waals surface area contributed by atoms with Gasteiger partial charge in [0.1, 0.15) is 0 Å². The summed E-state index contributed by atoms with van der Waals surface area (Å²) in [5, 5.41) is 10.1. The molecule has 2 N–H and O–H groups in total. The number of benzene rings is 1. The number of phenols is 1. The molecule has 0 spiro atoms. The van der Waals surface area contributed by atoms with Gasteiger partial charge in [-0.1, -0.05) is 32.9 Å². The maximum atomic E-state index is 10.5. The third-order valence-electron chi connectivity index (χ3n) is 2.61. The molecular weight excluding hydrogens is 268 g/mol. The summed E-state index contributed by atoms with van der Waals surface area (Å²) >= 11 is 0. The molecule has 0 aliphatic carbocycles. The molecule has 0 aliphatic heterocycles. The van der Waals surface area contributed by atoms with Gasteiger partial charge in [0, 0.05) is 5.56 Å². The smallest absolute Gasteiger partial charge is 0.264 e. The number of phenolic OH excluding ortho intramolecular Hbond substituents is 1. The van der Waals surface area contributed by atoms with Crippen molar-refractivity contribution < 1.29 is 22.8 Å². The summed E-state index contributed by atoms with van der Waals surface area (Å²) in [6, 6.07) is 5.22. The van der Waals surface area contributed by atoms with Crippen LogP contribution >= 0.6 is 0 Å². The minimum Gasteiger partial charge on any atom is -0.504 e. The van der Waals surface area contributed by atoms with Crippen molar-refractivity contribution in [3.8, 4) is 11.5 Å². The Labute approximate surface area is 114 Å². The highest BCUT2D eigenvalue weighted by Gasteiger charge is 2.20. The van der Waals surface area contributed by atoms with Gasteiger partial charge in [-0.2, -0.15) is 8.42 Å². The van der Waals surface area contributed by atoms with E-state index in [0.29, 0.717) is 5.75 Å². The van der Waals surface area contributed by atoms with Crippen LogP contribution in [0.4, 0.5) is 0 Å². The molecule has 0 bridgehead atoms. The van der Waals surface area contributed by atoms with Crippen LogP contribution in [0.2, 0.25) is 0 Å². The zero-order valence-electron chi connectivity index (χ0n) is 11.4. The molecular formula is C13H20O5S. The predicted molar refractivity (Wildman–Crippen MR) is 73.3 cm³/mol. The van der Waals surface area contributed by atoms with E-state index in [1.165, 1.54) is 0 Å². The highest BCUT2D eigenvalue weighted by Crippen LogP contribution is 2.37. The van der Waals surface area contributed by atoms with Gasteiger partial charge >= 0.3 is 0 Å². The second-order valence-electron chi connectivity index (χ2n) is 5.39. The summed E-state index contributed by atoms with van der Waals surface area (Å²) in [7, 11) is -3.96.